The van der Waals surface area contributed by atoms with Gasteiger partial charge in [0.15, 0.2) is 11.6 Å². The molecule has 0 saturated heterocycles. The molecule has 1 amide bonds. The minimum absolute atomic E-state index is 0.0847. The number of hydrogen-bond acceptors (Lipinski definition) is 4. The topological polar surface area (TPSA) is 66.9 Å². The molecule has 0 atom stereocenters. The number of carbonyl (C=O) groups is 1. The zero-order valence-electron chi connectivity index (χ0n) is 12.1. The first-order valence-corrected chi connectivity index (χ1v) is 7.01. The molecule has 1 heterocycles. The predicted molar refractivity (Wildman–Crippen MR) is 85.0 cm³/mol. The fourth-order valence-electron chi connectivity index (χ4n) is 1.64. The molecule has 0 aliphatic carbocycles. The van der Waals surface area contributed by atoms with Gasteiger partial charge in [0, 0.05) is 16.6 Å². The Bertz CT molecular complexity index is 641. The molecule has 0 unspecified atom stereocenters. The molecule has 6 heteroatoms. The van der Waals surface area contributed by atoms with Gasteiger partial charge < -0.3 is 10.6 Å². The normalized spacial score (nSPS) is 10.5. The Morgan fingerprint density at radius 1 is 1.14 bits per heavy atom. The van der Waals surface area contributed by atoms with E-state index >= 15 is 0 Å². The standard InChI is InChI=1S/C15H17ClN4O/c1-9(2)15(21)18-14-7-6-13(19-20-14)17-12-5-4-11(16)8-10(12)3/h4-9H,1-3H3,(H,17,19)(H,18,20,21). The smallest absolute Gasteiger partial charge is 0.228 e. The summed E-state index contributed by atoms with van der Waals surface area (Å²) in [5.41, 5.74) is 1.93. The van der Waals surface area contributed by atoms with E-state index in [2.05, 4.69) is 20.8 Å². The lowest BCUT2D eigenvalue weighted by Gasteiger charge is -2.10. The minimum Gasteiger partial charge on any atom is -0.339 e. The number of amides is 1. The molecule has 2 aromatic rings. The van der Waals surface area contributed by atoms with Crippen molar-refractivity contribution in [2.45, 2.75) is 20.8 Å². The summed E-state index contributed by atoms with van der Waals surface area (Å²) >= 11 is 5.92. The molecule has 0 radical (unpaired) electrons. The summed E-state index contributed by atoms with van der Waals surface area (Å²) in [5.74, 6) is 0.856. The van der Waals surface area contributed by atoms with Crippen LogP contribution in [0, 0.1) is 12.8 Å². The largest absolute Gasteiger partial charge is 0.339 e. The highest BCUT2D eigenvalue weighted by Gasteiger charge is 2.08. The Kier molecular flexibility index (Phi) is 4.75. The molecule has 5 nitrogen and oxygen atoms in total. The zero-order valence-corrected chi connectivity index (χ0v) is 12.9. The molecule has 0 spiro atoms. The zero-order chi connectivity index (χ0) is 15.4. The monoisotopic (exact) mass is 304 g/mol. The number of aryl methyl sites for hydroxylation is 1. The van der Waals surface area contributed by atoms with E-state index in [0.29, 0.717) is 16.7 Å². The Morgan fingerprint density at radius 3 is 2.38 bits per heavy atom. The Balaban J connectivity index is 2.07. The molecule has 0 aliphatic rings. The molecule has 0 saturated carbocycles. The first kappa shape index (κ1) is 15.3. The highest BCUT2D eigenvalue weighted by molar-refractivity contribution is 6.30. The second kappa shape index (κ2) is 6.54. The Morgan fingerprint density at radius 2 is 1.81 bits per heavy atom. The fourth-order valence-corrected chi connectivity index (χ4v) is 1.87. The molecule has 1 aromatic carbocycles. The van der Waals surface area contributed by atoms with Gasteiger partial charge in [-0.25, -0.2) is 0 Å². The summed E-state index contributed by atoms with van der Waals surface area (Å²) in [5, 5.41) is 14.6. The van der Waals surface area contributed by atoms with Gasteiger partial charge in [0.1, 0.15) is 0 Å². The predicted octanol–water partition coefficient (Wildman–Crippen LogP) is 3.78. The molecule has 21 heavy (non-hydrogen) atoms. The van der Waals surface area contributed by atoms with E-state index in [9.17, 15) is 4.79 Å². The van der Waals surface area contributed by atoms with Gasteiger partial charge in [-0.2, -0.15) is 0 Å². The summed E-state index contributed by atoms with van der Waals surface area (Å²) in [4.78, 5) is 11.6. The minimum atomic E-state index is -0.0960. The van der Waals surface area contributed by atoms with Crippen LogP contribution in [0.2, 0.25) is 5.02 Å². The molecule has 0 aliphatic heterocycles. The van der Waals surface area contributed by atoms with Gasteiger partial charge in [-0.3, -0.25) is 4.79 Å². The van der Waals surface area contributed by atoms with Gasteiger partial charge in [-0.1, -0.05) is 25.4 Å². The molecule has 0 fully saturated rings. The third-order valence-corrected chi connectivity index (χ3v) is 3.13. The number of hydrogen-bond donors (Lipinski definition) is 2. The van der Waals surface area contributed by atoms with E-state index in [-0.39, 0.29) is 11.8 Å². The second-order valence-electron chi connectivity index (χ2n) is 5.03. The highest BCUT2D eigenvalue weighted by atomic mass is 35.5. The van der Waals surface area contributed by atoms with E-state index in [1.807, 2.05) is 39.0 Å². The summed E-state index contributed by atoms with van der Waals surface area (Å²) in [6, 6.07) is 9.03. The first-order chi connectivity index (χ1) is 9.95. The lowest BCUT2D eigenvalue weighted by molar-refractivity contribution is -0.118. The molecule has 2 rings (SSSR count). The fraction of sp³-hybridized carbons (Fsp3) is 0.267. The maximum Gasteiger partial charge on any atom is 0.228 e. The number of nitrogens with one attached hydrogen (secondary N) is 2. The number of halogens is 1. The van der Waals surface area contributed by atoms with Crippen molar-refractivity contribution in [2.24, 2.45) is 5.92 Å². The van der Waals surface area contributed by atoms with E-state index in [0.717, 1.165) is 11.3 Å². The molecular formula is C15H17ClN4O. The SMILES string of the molecule is Cc1cc(Cl)ccc1Nc1ccc(NC(=O)C(C)C)nn1. The van der Waals surface area contributed by atoms with Gasteiger partial charge in [0.25, 0.3) is 0 Å². The summed E-state index contributed by atoms with van der Waals surface area (Å²) < 4.78 is 0. The van der Waals surface area contributed by atoms with Crippen molar-refractivity contribution in [3.63, 3.8) is 0 Å². The lowest BCUT2D eigenvalue weighted by atomic mass is 10.2. The van der Waals surface area contributed by atoms with Crippen molar-refractivity contribution in [3.05, 3.63) is 40.9 Å². The van der Waals surface area contributed by atoms with Crippen LogP contribution < -0.4 is 10.6 Å². The average molecular weight is 305 g/mol. The van der Waals surface area contributed by atoms with Crippen LogP contribution in [0.15, 0.2) is 30.3 Å². The molecular weight excluding hydrogens is 288 g/mol. The summed E-state index contributed by atoms with van der Waals surface area (Å²) in [6.45, 7) is 5.60. The van der Waals surface area contributed by atoms with Crippen molar-refractivity contribution in [2.75, 3.05) is 10.6 Å². The van der Waals surface area contributed by atoms with E-state index in [1.165, 1.54) is 0 Å². The third kappa shape index (κ3) is 4.16. The number of nitrogens with zero attached hydrogens (tertiary/aromatic N) is 2. The van der Waals surface area contributed by atoms with Crippen LogP contribution in [0.3, 0.4) is 0 Å². The molecule has 110 valence electrons. The second-order valence-corrected chi connectivity index (χ2v) is 5.47. The van der Waals surface area contributed by atoms with Gasteiger partial charge >= 0.3 is 0 Å². The van der Waals surface area contributed by atoms with Crippen LogP contribution in [0.25, 0.3) is 0 Å². The number of aromatic nitrogens is 2. The van der Waals surface area contributed by atoms with Crippen molar-refractivity contribution >= 4 is 34.8 Å². The van der Waals surface area contributed by atoms with Gasteiger partial charge in [-0.15, -0.1) is 10.2 Å². The van der Waals surface area contributed by atoms with Gasteiger partial charge in [0.2, 0.25) is 5.91 Å². The third-order valence-electron chi connectivity index (χ3n) is 2.89. The summed E-state index contributed by atoms with van der Waals surface area (Å²) in [7, 11) is 0. The van der Waals surface area contributed by atoms with Gasteiger partial charge in [-0.05, 0) is 42.8 Å². The number of rotatable bonds is 4. The number of carbonyl (C=O) groups excluding carboxylic acids is 1. The van der Waals surface area contributed by atoms with Crippen molar-refractivity contribution in [1.82, 2.24) is 10.2 Å². The Labute approximate surface area is 128 Å². The van der Waals surface area contributed by atoms with E-state index in [1.54, 1.807) is 12.1 Å². The van der Waals surface area contributed by atoms with Crippen molar-refractivity contribution in [3.8, 4) is 0 Å². The van der Waals surface area contributed by atoms with Crippen molar-refractivity contribution in [1.29, 1.82) is 0 Å². The van der Waals surface area contributed by atoms with Gasteiger partial charge in [0.05, 0.1) is 0 Å². The van der Waals surface area contributed by atoms with Crippen LogP contribution in [0.4, 0.5) is 17.3 Å². The van der Waals surface area contributed by atoms with Crippen LogP contribution in [0.5, 0.6) is 0 Å². The van der Waals surface area contributed by atoms with Crippen molar-refractivity contribution < 1.29 is 4.79 Å². The quantitative estimate of drug-likeness (QED) is 0.902. The lowest BCUT2D eigenvalue weighted by Crippen LogP contribution is -2.18. The number of anilines is 3. The maximum atomic E-state index is 11.6. The summed E-state index contributed by atoms with van der Waals surface area (Å²) in [6.07, 6.45) is 0. The van der Waals surface area contributed by atoms with E-state index < -0.39 is 0 Å². The Hall–Kier alpha value is -2.14. The molecule has 1 aromatic heterocycles. The van der Waals surface area contributed by atoms with Crippen LogP contribution in [0.1, 0.15) is 19.4 Å². The average Bonchev–Trinajstić information content (AvgIpc) is 2.43. The first-order valence-electron chi connectivity index (χ1n) is 6.63. The molecule has 2 N–H and O–H groups in total. The highest BCUT2D eigenvalue weighted by Crippen LogP contribution is 2.22. The van der Waals surface area contributed by atoms with Crippen LogP contribution in [-0.2, 0) is 4.79 Å². The molecule has 0 bridgehead atoms. The number of benzene rings is 1. The maximum absolute atomic E-state index is 11.6. The van der Waals surface area contributed by atoms with Crippen LogP contribution in [-0.4, -0.2) is 16.1 Å². The van der Waals surface area contributed by atoms with E-state index in [4.69, 9.17) is 11.6 Å². The van der Waals surface area contributed by atoms with Crippen LogP contribution >= 0.6 is 11.6 Å².